The summed E-state index contributed by atoms with van der Waals surface area (Å²) in [5, 5.41) is 1.47. The van der Waals surface area contributed by atoms with Gasteiger partial charge in [-0.3, -0.25) is 9.80 Å². The third-order valence-corrected chi connectivity index (χ3v) is 21.1. The van der Waals surface area contributed by atoms with Gasteiger partial charge in [-0.15, -0.1) is 5.54 Å². The van der Waals surface area contributed by atoms with Gasteiger partial charge in [0, 0.05) is 36.9 Å². The van der Waals surface area contributed by atoms with E-state index in [9.17, 15) is 9.18 Å². The second kappa shape index (κ2) is 16.1. The number of hydrogen-bond acceptors (Lipinski definition) is 9. The molecule has 9 rings (SSSR count). The van der Waals surface area contributed by atoms with E-state index in [1.54, 1.807) is 12.1 Å². The van der Waals surface area contributed by atoms with Crippen LogP contribution in [0.3, 0.4) is 0 Å². The Morgan fingerprint density at radius 2 is 1.73 bits per heavy atom. The zero-order chi connectivity index (χ0) is 44.7. The molecule has 0 saturated carbocycles. The van der Waals surface area contributed by atoms with Crippen LogP contribution in [0.4, 0.5) is 23.8 Å². The summed E-state index contributed by atoms with van der Waals surface area (Å²) in [5.74, 6) is 2.71. The third kappa shape index (κ3) is 7.39. The second-order valence-electron chi connectivity index (χ2n) is 20.5. The number of carbonyl (C=O) groups excluding carboxylic acids is 1. The Hall–Kier alpha value is -4.61. The number of benzene rings is 2. The molecule has 63 heavy (non-hydrogen) atoms. The molecule has 4 fully saturated rings. The predicted molar refractivity (Wildman–Crippen MR) is 243 cm³/mol. The lowest BCUT2D eigenvalue weighted by Crippen LogP contribution is -2.62. The van der Waals surface area contributed by atoms with E-state index >= 15 is 8.78 Å². The van der Waals surface area contributed by atoms with Crippen LogP contribution >= 0.6 is 0 Å². The molecule has 10 nitrogen and oxygen atoms in total. The number of aromatic nitrogens is 3. The molecule has 7 heterocycles. The van der Waals surface area contributed by atoms with Crippen LogP contribution in [0.1, 0.15) is 106 Å². The number of alkyl halides is 1. The van der Waals surface area contributed by atoms with E-state index in [1.807, 2.05) is 37.8 Å². The van der Waals surface area contributed by atoms with Crippen LogP contribution in [0.25, 0.3) is 32.9 Å². The smallest absolute Gasteiger partial charge is 0.410 e. The van der Waals surface area contributed by atoms with Gasteiger partial charge in [0.15, 0.2) is 5.82 Å². The Morgan fingerprint density at radius 3 is 2.46 bits per heavy atom. The molecular weight excluding hydrogens is 822 g/mol. The zero-order valence-electron chi connectivity index (χ0n) is 38.2. The summed E-state index contributed by atoms with van der Waals surface area (Å²) in [6.45, 7) is 20.8. The van der Waals surface area contributed by atoms with Crippen molar-refractivity contribution in [2.24, 2.45) is 0 Å². The number of nitrogens with zero attached hydrogens (tertiary/aromatic N) is 6. The van der Waals surface area contributed by atoms with Crippen molar-refractivity contribution in [3.63, 3.8) is 0 Å². The van der Waals surface area contributed by atoms with Crippen LogP contribution in [-0.4, -0.2) is 107 Å². The van der Waals surface area contributed by atoms with E-state index in [2.05, 4.69) is 62.8 Å². The number of halogens is 3. The molecule has 0 N–H and O–H groups in total. The third-order valence-electron chi connectivity index (χ3n) is 14.8. The minimum atomic E-state index is -2.29. The van der Waals surface area contributed by atoms with Gasteiger partial charge in [0.05, 0.1) is 35.8 Å². The lowest BCUT2D eigenvalue weighted by atomic mass is 9.95. The van der Waals surface area contributed by atoms with Gasteiger partial charge >= 0.3 is 12.1 Å². The molecule has 14 heteroatoms. The molecule has 2 bridgehead atoms. The highest BCUT2D eigenvalue weighted by Crippen LogP contribution is 2.47. The van der Waals surface area contributed by atoms with Crippen LogP contribution in [-0.2, 0) is 4.74 Å². The topological polar surface area (TPSA) is 93.2 Å². The van der Waals surface area contributed by atoms with Crippen LogP contribution in [0.15, 0.2) is 30.3 Å². The average molecular weight is 883 g/mol. The number of anilines is 1. The van der Waals surface area contributed by atoms with Crippen LogP contribution < -0.4 is 14.4 Å². The summed E-state index contributed by atoms with van der Waals surface area (Å²) in [4.78, 5) is 34.7. The Kier molecular flexibility index (Phi) is 11.2. The molecule has 4 aromatic rings. The summed E-state index contributed by atoms with van der Waals surface area (Å²) in [5.41, 5.74) is 4.00. The van der Waals surface area contributed by atoms with Gasteiger partial charge in [-0.1, -0.05) is 71.7 Å². The van der Waals surface area contributed by atoms with Gasteiger partial charge in [-0.2, -0.15) is 9.97 Å². The highest BCUT2D eigenvalue weighted by atomic mass is 28.3. The summed E-state index contributed by atoms with van der Waals surface area (Å²) < 4.78 is 68.0. The van der Waals surface area contributed by atoms with Crippen molar-refractivity contribution in [1.82, 2.24) is 24.8 Å². The minimum absolute atomic E-state index is 0.0304. The molecule has 0 aliphatic carbocycles. The van der Waals surface area contributed by atoms with E-state index < -0.39 is 37.0 Å². The standard InChI is InChI=1S/C49H61F3N6O4Si/c1-28(2)63(29(3)4,30(5)6)23-19-34-36(51)16-14-31-12-10-13-35(39(31)34)42-41(52)43-40-44(55-46(54-43)61-27-49-20-11-21-56(49)25-32(50)24-49)57-26-33-15-17-38(37(57)18-22-60-45(40)53-42)58(33)47(59)62-48(7,8)9/h10,12-14,16,28-30,32-33,37-38H,11,15,17-18,20-22,24-27H2,1-9H3/t32-,33-,37-,38+,49+/m1/s1. The molecule has 2 aromatic carbocycles. The maximum Gasteiger partial charge on any atom is 0.410 e. The SMILES string of the molecule is CC(C)[Si](C#Cc1c(F)ccc2cccc(-c3nc4c5c(nc(OC[C@@]67CCCN6C[C@H](F)C7)nc5c3F)N3C[C@H]5CC[C@@H]([C@H]3CCO4)N5C(=O)OC(C)(C)C)c12)(C(C)C)C(C)C. The zero-order valence-corrected chi connectivity index (χ0v) is 39.2. The molecular formula is C49H61F3N6O4Si. The second-order valence-corrected chi connectivity index (χ2v) is 26.1. The van der Waals surface area contributed by atoms with E-state index in [0.717, 1.165) is 32.2 Å². The van der Waals surface area contributed by atoms with Crippen LogP contribution in [0.2, 0.25) is 16.6 Å². The number of ether oxygens (including phenoxy) is 3. The Balaban J connectivity index is 1.22. The van der Waals surface area contributed by atoms with E-state index in [4.69, 9.17) is 29.2 Å². The number of carbonyl (C=O) groups is 1. The quantitative estimate of drug-likeness (QED) is 0.133. The first kappa shape index (κ1) is 43.6. The molecule has 2 aromatic heterocycles. The molecule has 5 aliphatic rings. The molecule has 1 amide bonds. The highest BCUT2D eigenvalue weighted by molar-refractivity contribution is 6.90. The van der Waals surface area contributed by atoms with Crippen molar-refractivity contribution in [3.05, 3.63) is 47.5 Å². The van der Waals surface area contributed by atoms with Crippen LogP contribution in [0, 0.1) is 23.1 Å². The molecule has 0 unspecified atom stereocenters. The average Bonchev–Trinajstić information content (AvgIpc) is 3.86. The van der Waals surface area contributed by atoms with Crippen molar-refractivity contribution < 1.29 is 32.2 Å². The molecule has 0 radical (unpaired) electrons. The fourth-order valence-electron chi connectivity index (χ4n) is 12.1. The first-order valence-electron chi connectivity index (χ1n) is 23.0. The minimum Gasteiger partial charge on any atom is -0.477 e. The molecule has 336 valence electrons. The van der Waals surface area contributed by atoms with Gasteiger partial charge in [0.25, 0.3) is 0 Å². The largest absolute Gasteiger partial charge is 0.477 e. The van der Waals surface area contributed by atoms with Gasteiger partial charge < -0.3 is 19.1 Å². The monoisotopic (exact) mass is 882 g/mol. The number of amides is 1. The maximum absolute atomic E-state index is 17.9. The Bertz CT molecular complexity index is 2500. The fourth-order valence-corrected chi connectivity index (χ4v) is 17.3. The number of fused-ring (bicyclic) bond motifs is 7. The summed E-state index contributed by atoms with van der Waals surface area (Å²) in [7, 11) is -2.29. The number of hydrogen-bond donors (Lipinski definition) is 0. The maximum atomic E-state index is 17.9. The number of piperazine rings is 1. The van der Waals surface area contributed by atoms with Crippen LogP contribution in [0.5, 0.6) is 11.9 Å². The van der Waals surface area contributed by atoms with Gasteiger partial charge in [-0.05, 0) is 81.1 Å². The van der Waals surface area contributed by atoms with Crippen molar-refractivity contribution in [2.75, 3.05) is 37.7 Å². The summed E-state index contributed by atoms with van der Waals surface area (Å²) >= 11 is 0. The van der Waals surface area contributed by atoms with Crippen molar-refractivity contribution in [2.45, 2.75) is 153 Å². The molecule has 0 spiro atoms. The summed E-state index contributed by atoms with van der Waals surface area (Å²) in [6, 6.07) is 7.94. The van der Waals surface area contributed by atoms with Crippen molar-refractivity contribution >= 4 is 41.7 Å². The van der Waals surface area contributed by atoms with Crippen molar-refractivity contribution in [1.29, 1.82) is 0 Å². The molecule has 4 saturated heterocycles. The summed E-state index contributed by atoms with van der Waals surface area (Å²) in [6.07, 6.45) is 2.82. The lowest BCUT2D eigenvalue weighted by Gasteiger charge is -2.48. The Labute approximate surface area is 370 Å². The van der Waals surface area contributed by atoms with E-state index in [-0.39, 0.29) is 66.1 Å². The number of pyridine rings is 1. The van der Waals surface area contributed by atoms with E-state index in [1.165, 1.54) is 6.07 Å². The lowest BCUT2D eigenvalue weighted by molar-refractivity contribution is 0.00635. The molecule has 5 atom stereocenters. The van der Waals surface area contributed by atoms with Crippen molar-refractivity contribution in [3.8, 4) is 34.6 Å². The number of rotatable bonds is 7. The predicted octanol–water partition coefficient (Wildman–Crippen LogP) is 10.4. The van der Waals surface area contributed by atoms with E-state index in [0.29, 0.717) is 70.1 Å². The first-order chi connectivity index (χ1) is 29.9. The van der Waals surface area contributed by atoms with Gasteiger partial charge in [-0.25, -0.2) is 22.9 Å². The van der Waals surface area contributed by atoms with Gasteiger partial charge in [0.1, 0.15) is 54.7 Å². The Morgan fingerprint density at radius 1 is 0.968 bits per heavy atom. The highest BCUT2D eigenvalue weighted by Gasteiger charge is 2.52. The van der Waals surface area contributed by atoms with Gasteiger partial charge in [0.2, 0.25) is 5.88 Å². The fraction of sp³-hybridized carbons (Fsp3) is 0.592. The molecule has 5 aliphatic heterocycles. The first-order valence-corrected chi connectivity index (χ1v) is 25.2. The normalized spacial score (nSPS) is 24.7.